The van der Waals surface area contributed by atoms with Gasteiger partial charge in [-0.1, -0.05) is 19.4 Å². The lowest BCUT2D eigenvalue weighted by molar-refractivity contribution is 0.100. The summed E-state index contributed by atoms with van der Waals surface area (Å²) in [5, 5.41) is 0. The number of hydrogen-bond acceptors (Lipinski definition) is 2. The predicted octanol–water partition coefficient (Wildman–Crippen LogP) is 3.54. The molecular formula is C13H16INO2. The Labute approximate surface area is 115 Å². The van der Waals surface area contributed by atoms with Gasteiger partial charge in [-0.25, -0.2) is 4.79 Å². The average Bonchev–Trinajstić information content (AvgIpc) is 2.72. The van der Waals surface area contributed by atoms with E-state index < -0.39 is 0 Å². The maximum absolute atomic E-state index is 11.8. The molecule has 3 nitrogen and oxygen atoms in total. The largest absolute Gasteiger partial charge is 0.449 e. The van der Waals surface area contributed by atoms with E-state index in [4.69, 9.17) is 4.74 Å². The second-order valence-electron chi connectivity index (χ2n) is 4.24. The van der Waals surface area contributed by atoms with Crippen LogP contribution >= 0.6 is 22.6 Å². The molecule has 0 aliphatic carbocycles. The van der Waals surface area contributed by atoms with Gasteiger partial charge in [0.1, 0.15) is 0 Å². The molecule has 0 aromatic heterocycles. The fraction of sp³-hybridized carbons (Fsp3) is 0.462. The number of rotatable bonds is 3. The molecule has 1 heterocycles. The van der Waals surface area contributed by atoms with Gasteiger partial charge < -0.3 is 4.74 Å². The third-order valence-corrected chi connectivity index (χ3v) is 3.54. The van der Waals surface area contributed by atoms with Crippen molar-refractivity contribution < 1.29 is 9.53 Å². The highest BCUT2D eigenvalue weighted by atomic mass is 127. The molecule has 17 heavy (non-hydrogen) atoms. The second kappa shape index (κ2) is 5.71. The van der Waals surface area contributed by atoms with Gasteiger partial charge in [0.2, 0.25) is 0 Å². The summed E-state index contributed by atoms with van der Waals surface area (Å²) in [6.07, 6.45) is 1.79. The van der Waals surface area contributed by atoms with E-state index in [2.05, 4.69) is 47.7 Å². The summed E-state index contributed by atoms with van der Waals surface area (Å²) in [5.74, 6) is 0. The number of benzene rings is 1. The van der Waals surface area contributed by atoms with Crippen LogP contribution < -0.4 is 0 Å². The van der Waals surface area contributed by atoms with Gasteiger partial charge >= 0.3 is 6.09 Å². The van der Waals surface area contributed by atoms with Crippen molar-refractivity contribution in [3.63, 3.8) is 0 Å². The number of hydrogen-bond donors (Lipinski definition) is 0. The monoisotopic (exact) mass is 345 g/mol. The van der Waals surface area contributed by atoms with E-state index in [9.17, 15) is 4.79 Å². The number of fused-ring (bicyclic) bond motifs is 1. The van der Waals surface area contributed by atoms with Gasteiger partial charge in [0.15, 0.2) is 0 Å². The van der Waals surface area contributed by atoms with E-state index in [0.29, 0.717) is 19.7 Å². The minimum atomic E-state index is -0.190. The van der Waals surface area contributed by atoms with Gasteiger partial charge in [0.25, 0.3) is 0 Å². The summed E-state index contributed by atoms with van der Waals surface area (Å²) in [6, 6.07) is 6.30. The van der Waals surface area contributed by atoms with Crippen LogP contribution in [0.3, 0.4) is 0 Å². The number of carbonyl (C=O) groups is 1. The molecule has 92 valence electrons. The van der Waals surface area contributed by atoms with Gasteiger partial charge in [-0.05, 0) is 52.3 Å². The Bertz CT molecular complexity index is 420. The van der Waals surface area contributed by atoms with Crippen molar-refractivity contribution in [1.82, 2.24) is 4.90 Å². The standard InChI is InChI=1S/C13H16INO2/c1-2-3-6-17-13(16)15-8-10-4-5-12(14)7-11(10)9-15/h4-5,7H,2-3,6,8-9H2,1H3. The fourth-order valence-corrected chi connectivity index (χ4v) is 2.44. The molecule has 2 rings (SSSR count). The minimum absolute atomic E-state index is 0.190. The Hall–Kier alpha value is -0.780. The molecule has 1 amide bonds. The zero-order valence-corrected chi connectivity index (χ0v) is 12.1. The average molecular weight is 345 g/mol. The van der Waals surface area contributed by atoms with Crippen LogP contribution in [0.15, 0.2) is 18.2 Å². The SMILES string of the molecule is CCCCOC(=O)N1Cc2ccc(I)cc2C1. The van der Waals surface area contributed by atoms with Gasteiger partial charge in [-0.2, -0.15) is 0 Å². The number of unbranched alkanes of at least 4 members (excludes halogenated alkanes) is 1. The molecule has 0 atom stereocenters. The van der Waals surface area contributed by atoms with Crippen LogP contribution in [0.25, 0.3) is 0 Å². The van der Waals surface area contributed by atoms with Crippen molar-refractivity contribution in [3.05, 3.63) is 32.9 Å². The molecule has 0 bridgehead atoms. The van der Waals surface area contributed by atoms with Crippen LogP contribution in [0.4, 0.5) is 4.79 Å². The highest BCUT2D eigenvalue weighted by molar-refractivity contribution is 14.1. The third kappa shape index (κ3) is 3.12. The molecule has 0 radical (unpaired) electrons. The summed E-state index contributed by atoms with van der Waals surface area (Å²) < 4.78 is 6.42. The predicted molar refractivity (Wildman–Crippen MR) is 74.7 cm³/mol. The highest BCUT2D eigenvalue weighted by Gasteiger charge is 2.24. The lowest BCUT2D eigenvalue weighted by Gasteiger charge is -2.14. The Morgan fingerprint density at radius 3 is 2.94 bits per heavy atom. The summed E-state index contributed by atoms with van der Waals surface area (Å²) in [7, 11) is 0. The van der Waals surface area contributed by atoms with Crippen molar-refractivity contribution in [3.8, 4) is 0 Å². The van der Waals surface area contributed by atoms with Crippen molar-refractivity contribution in [1.29, 1.82) is 0 Å². The molecule has 0 saturated carbocycles. The van der Waals surface area contributed by atoms with Gasteiger partial charge in [0, 0.05) is 16.7 Å². The van der Waals surface area contributed by atoms with Crippen molar-refractivity contribution in [2.75, 3.05) is 6.61 Å². The lowest BCUT2D eigenvalue weighted by Crippen LogP contribution is -2.26. The first-order chi connectivity index (χ1) is 8.20. The zero-order valence-electron chi connectivity index (χ0n) is 9.91. The Balaban J connectivity index is 1.93. The van der Waals surface area contributed by atoms with Crippen LogP contribution in [-0.2, 0) is 17.8 Å². The summed E-state index contributed by atoms with van der Waals surface area (Å²) in [5.41, 5.74) is 2.47. The van der Waals surface area contributed by atoms with Crippen LogP contribution in [0.2, 0.25) is 0 Å². The lowest BCUT2D eigenvalue weighted by atomic mass is 10.1. The summed E-state index contributed by atoms with van der Waals surface area (Å²) in [6.45, 7) is 3.97. The quantitative estimate of drug-likeness (QED) is 0.620. The molecule has 0 spiro atoms. The van der Waals surface area contributed by atoms with Crippen molar-refractivity contribution in [2.24, 2.45) is 0 Å². The van der Waals surface area contributed by atoms with E-state index >= 15 is 0 Å². The topological polar surface area (TPSA) is 29.5 Å². The molecule has 1 aliphatic heterocycles. The van der Waals surface area contributed by atoms with Crippen LogP contribution in [-0.4, -0.2) is 17.6 Å². The molecule has 0 N–H and O–H groups in total. The summed E-state index contributed by atoms with van der Waals surface area (Å²) in [4.78, 5) is 13.5. The molecular weight excluding hydrogens is 329 g/mol. The molecule has 0 saturated heterocycles. The summed E-state index contributed by atoms with van der Waals surface area (Å²) >= 11 is 2.29. The molecule has 4 heteroatoms. The van der Waals surface area contributed by atoms with Gasteiger partial charge in [-0.3, -0.25) is 4.90 Å². The maximum Gasteiger partial charge on any atom is 0.410 e. The molecule has 1 aliphatic rings. The number of amides is 1. The number of nitrogens with zero attached hydrogens (tertiary/aromatic N) is 1. The van der Waals surface area contributed by atoms with Crippen LogP contribution in [0.5, 0.6) is 0 Å². The number of carbonyl (C=O) groups excluding carboxylic acids is 1. The van der Waals surface area contributed by atoms with E-state index in [-0.39, 0.29) is 6.09 Å². The third-order valence-electron chi connectivity index (χ3n) is 2.87. The van der Waals surface area contributed by atoms with E-state index in [1.807, 2.05) is 0 Å². The minimum Gasteiger partial charge on any atom is -0.449 e. The number of halogens is 1. The van der Waals surface area contributed by atoms with E-state index in [1.165, 1.54) is 14.7 Å². The molecule has 1 aromatic rings. The smallest absolute Gasteiger partial charge is 0.410 e. The Morgan fingerprint density at radius 2 is 2.18 bits per heavy atom. The second-order valence-corrected chi connectivity index (χ2v) is 5.48. The van der Waals surface area contributed by atoms with E-state index in [0.717, 1.165) is 12.8 Å². The normalized spacial score (nSPS) is 13.6. The molecule has 0 fully saturated rings. The van der Waals surface area contributed by atoms with Crippen LogP contribution in [0.1, 0.15) is 30.9 Å². The zero-order chi connectivity index (χ0) is 12.3. The van der Waals surface area contributed by atoms with Gasteiger partial charge in [-0.15, -0.1) is 0 Å². The maximum atomic E-state index is 11.8. The Kier molecular flexibility index (Phi) is 4.25. The van der Waals surface area contributed by atoms with Crippen molar-refractivity contribution in [2.45, 2.75) is 32.9 Å². The first-order valence-electron chi connectivity index (χ1n) is 5.89. The van der Waals surface area contributed by atoms with Crippen molar-refractivity contribution >= 4 is 28.7 Å². The fourth-order valence-electron chi connectivity index (χ4n) is 1.89. The molecule has 1 aromatic carbocycles. The Morgan fingerprint density at radius 1 is 1.41 bits per heavy atom. The molecule has 0 unspecified atom stereocenters. The van der Waals surface area contributed by atoms with Gasteiger partial charge in [0.05, 0.1) is 6.61 Å². The number of ether oxygens (including phenoxy) is 1. The first-order valence-corrected chi connectivity index (χ1v) is 6.97. The van der Waals surface area contributed by atoms with E-state index in [1.54, 1.807) is 4.90 Å². The first kappa shape index (κ1) is 12.7. The highest BCUT2D eigenvalue weighted by Crippen LogP contribution is 2.24. The van der Waals surface area contributed by atoms with Crippen LogP contribution in [0, 0.1) is 3.57 Å².